The summed E-state index contributed by atoms with van der Waals surface area (Å²) in [5, 5.41) is 17.7. The molecule has 1 saturated carbocycles. The largest absolute Gasteiger partial charge is 0.479 e. The molecule has 0 bridgehead atoms. The molecule has 1 saturated heterocycles. The third kappa shape index (κ3) is 7.15. The van der Waals surface area contributed by atoms with Crippen LogP contribution in [0, 0.1) is 11.3 Å². The van der Waals surface area contributed by atoms with Crippen LogP contribution in [0.3, 0.4) is 0 Å². The third-order valence-corrected chi connectivity index (χ3v) is 7.19. The second kappa shape index (κ2) is 11.9. The summed E-state index contributed by atoms with van der Waals surface area (Å²) >= 11 is 0. The Morgan fingerprint density at radius 2 is 1.87 bits per heavy atom. The summed E-state index contributed by atoms with van der Waals surface area (Å²) in [7, 11) is 0. The lowest BCUT2D eigenvalue weighted by Gasteiger charge is -2.32. The van der Waals surface area contributed by atoms with E-state index in [2.05, 4.69) is 22.5 Å². The van der Waals surface area contributed by atoms with Crippen molar-refractivity contribution in [2.75, 3.05) is 13.1 Å². The minimum atomic E-state index is -1.48. The van der Waals surface area contributed by atoms with E-state index in [4.69, 9.17) is 4.74 Å². The SMILES string of the molecule is C=C[C@@H]1C[C@]1(NC(=O)[C@@H]1C[C@@H](OC(=O)NCCc2ccccc2)CN1C(=O)N[C@H](C(C)=O)C(C)(C)C)C(=O)O. The zero-order valence-corrected chi connectivity index (χ0v) is 22.9. The van der Waals surface area contributed by atoms with Crippen molar-refractivity contribution in [1.82, 2.24) is 20.9 Å². The van der Waals surface area contributed by atoms with Gasteiger partial charge < -0.3 is 30.7 Å². The Bertz CT molecular complexity index is 1120. The second-order valence-corrected chi connectivity index (χ2v) is 11.3. The number of Topliss-reactive ketones (excluding diaryl/α,β-unsaturated/α-hetero) is 1. The number of nitrogens with zero attached hydrogens (tertiary/aromatic N) is 1. The molecule has 0 spiro atoms. The zero-order chi connectivity index (χ0) is 29.0. The summed E-state index contributed by atoms with van der Waals surface area (Å²) in [4.78, 5) is 64.4. The lowest BCUT2D eigenvalue weighted by molar-refractivity contribution is -0.144. The number of amides is 4. The number of aliphatic carboxylic acids is 1. The summed E-state index contributed by atoms with van der Waals surface area (Å²) in [6, 6.07) is 6.98. The minimum absolute atomic E-state index is 0.0277. The van der Waals surface area contributed by atoms with Crippen molar-refractivity contribution < 1.29 is 33.8 Å². The highest BCUT2D eigenvalue weighted by Crippen LogP contribution is 2.44. The summed E-state index contributed by atoms with van der Waals surface area (Å²) in [5.41, 5.74) is -1.03. The first-order valence-electron chi connectivity index (χ1n) is 13.0. The van der Waals surface area contributed by atoms with Gasteiger partial charge in [-0.3, -0.25) is 9.59 Å². The van der Waals surface area contributed by atoms with Crippen LogP contribution in [-0.2, 0) is 25.5 Å². The molecule has 3 rings (SSSR count). The number of hydrogen-bond donors (Lipinski definition) is 4. The molecule has 1 aliphatic carbocycles. The molecular formula is C28H38N4O7. The molecule has 11 nitrogen and oxygen atoms in total. The summed E-state index contributed by atoms with van der Waals surface area (Å²) in [6.45, 7) is 10.6. The van der Waals surface area contributed by atoms with E-state index in [0.717, 1.165) is 5.56 Å². The van der Waals surface area contributed by atoms with Gasteiger partial charge in [-0.05, 0) is 30.7 Å². The second-order valence-electron chi connectivity index (χ2n) is 11.3. The highest BCUT2D eigenvalue weighted by Gasteiger charge is 2.61. The Balaban J connectivity index is 1.70. The van der Waals surface area contributed by atoms with Gasteiger partial charge in [-0.15, -0.1) is 6.58 Å². The molecule has 1 heterocycles. The number of carboxylic acid groups (broad SMARTS) is 1. The maximum Gasteiger partial charge on any atom is 0.407 e. The van der Waals surface area contributed by atoms with Gasteiger partial charge in [-0.25, -0.2) is 14.4 Å². The Hall–Kier alpha value is -3.89. The van der Waals surface area contributed by atoms with E-state index in [0.29, 0.717) is 13.0 Å². The number of likely N-dealkylation sites (tertiary alicyclic amines) is 1. The number of benzene rings is 1. The van der Waals surface area contributed by atoms with Crippen LogP contribution in [0.2, 0.25) is 0 Å². The van der Waals surface area contributed by atoms with Gasteiger partial charge in [0.15, 0.2) is 5.78 Å². The Morgan fingerprint density at radius 3 is 2.41 bits per heavy atom. The van der Waals surface area contributed by atoms with Gasteiger partial charge in [0.1, 0.15) is 17.7 Å². The number of nitrogens with one attached hydrogen (secondary N) is 3. The van der Waals surface area contributed by atoms with Crippen LogP contribution in [0.4, 0.5) is 9.59 Å². The van der Waals surface area contributed by atoms with Crippen molar-refractivity contribution in [3.05, 3.63) is 48.6 Å². The van der Waals surface area contributed by atoms with Gasteiger partial charge in [0, 0.05) is 18.9 Å². The molecule has 11 heteroatoms. The Kier molecular flexibility index (Phi) is 9.03. The first-order chi connectivity index (χ1) is 18.3. The number of carbonyl (C=O) groups is 5. The smallest absolute Gasteiger partial charge is 0.407 e. The lowest BCUT2D eigenvalue weighted by atomic mass is 9.84. The van der Waals surface area contributed by atoms with Crippen molar-refractivity contribution in [3.8, 4) is 0 Å². The number of alkyl carbamates (subject to hydrolysis) is 1. The van der Waals surface area contributed by atoms with Crippen molar-refractivity contribution in [2.45, 2.75) is 70.7 Å². The molecule has 4 N–H and O–H groups in total. The predicted molar refractivity (Wildman–Crippen MR) is 143 cm³/mol. The third-order valence-electron chi connectivity index (χ3n) is 7.19. The molecular weight excluding hydrogens is 504 g/mol. The van der Waals surface area contributed by atoms with E-state index >= 15 is 0 Å². The number of hydrogen-bond acceptors (Lipinski definition) is 6. The number of ether oxygens (including phenoxy) is 1. The number of ketones is 1. The van der Waals surface area contributed by atoms with Crippen molar-refractivity contribution in [2.24, 2.45) is 11.3 Å². The highest BCUT2D eigenvalue weighted by atomic mass is 16.6. The maximum atomic E-state index is 13.3. The summed E-state index contributed by atoms with van der Waals surface area (Å²) in [6.07, 6.45) is 0.728. The van der Waals surface area contributed by atoms with Crippen LogP contribution in [0.25, 0.3) is 0 Å². The summed E-state index contributed by atoms with van der Waals surface area (Å²) in [5.74, 6) is -2.56. The fraction of sp³-hybridized carbons (Fsp3) is 0.536. The molecule has 2 aliphatic rings. The Morgan fingerprint density at radius 1 is 1.21 bits per heavy atom. The van der Waals surface area contributed by atoms with Crippen molar-refractivity contribution >= 4 is 29.8 Å². The molecule has 1 aromatic carbocycles. The van der Waals surface area contributed by atoms with E-state index in [1.54, 1.807) is 20.8 Å². The van der Waals surface area contributed by atoms with Crippen molar-refractivity contribution in [1.29, 1.82) is 0 Å². The first kappa shape index (κ1) is 29.7. The van der Waals surface area contributed by atoms with Crippen LogP contribution in [0.5, 0.6) is 0 Å². The molecule has 0 unspecified atom stereocenters. The van der Waals surface area contributed by atoms with Crippen molar-refractivity contribution in [3.63, 3.8) is 0 Å². The quantitative estimate of drug-likeness (QED) is 0.331. The average molecular weight is 543 g/mol. The van der Waals surface area contributed by atoms with Crippen LogP contribution in [0.1, 0.15) is 46.1 Å². The van der Waals surface area contributed by atoms with Gasteiger partial charge >= 0.3 is 18.1 Å². The first-order valence-corrected chi connectivity index (χ1v) is 13.0. The molecule has 2 fully saturated rings. The van der Waals surface area contributed by atoms with Crippen LogP contribution in [-0.4, -0.2) is 76.6 Å². The van der Waals surface area contributed by atoms with Crippen LogP contribution >= 0.6 is 0 Å². The standard InChI is InChI=1S/C28H38N4O7/c1-6-19-15-28(19,24(35)36)31-23(34)21-14-20(39-26(38)29-13-12-18-10-8-7-9-11-18)16-32(21)25(37)30-22(17(2)33)27(3,4)5/h6-11,19-22H,1,12-16H2,2-5H3,(H,29,38)(H,30,37)(H,31,34)(H,35,36)/t19-,20-,21+,22-,28-/m1/s1. The highest BCUT2D eigenvalue weighted by molar-refractivity contribution is 5.95. The fourth-order valence-electron chi connectivity index (χ4n) is 4.96. The zero-order valence-electron chi connectivity index (χ0n) is 22.9. The Labute approximate surface area is 228 Å². The van der Waals surface area contributed by atoms with E-state index in [9.17, 15) is 29.1 Å². The molecule has 4 amide bonds. The monoisotopic (exact) mass is 542 g/mol. The molecule has 212 valence electrons. The van der Waals surface area contributed by atoms with Gasteiger partial charge in [0.05, 0.1) is 12.6 Å². The predicted octanol–water partition coefficient (Wildman–Crippen LogP) is 2.26. The molecule has 0 radical (unpaired) electrons. The van der Waals surface area contributed by atoms with Gasteiger partial charge in [0.2, 0.25) is 5.91 Å². The number of carboxylic acids is 1. The van der Waals surface area contributed by atoms with E-state index < -0.39 is 59.1 Å². The average Bonchev–Trinajstić information content (AvgIpc) is 3.42. The number of urea groups is 1. The fourth-order valence-corrected chi connectivity index (χ4v) is 4.96. The molecule has 5 atom stereocenters. The van der Waals surface area contributed by atoms with E-state index in [1.807, 2.05) is 30.3 Å². The molecule has 1 aliphatic heterocycles. The van der Waals surface area contributed by atoms with Crippen LogP contribution < -0.4 is 16.0 Å². The van der Waals surface area contributed by atoms with Crippen LogP contribution in [0.15, 0.2) is 43.0 Å². The topological polar surface area (TPSA) is 154 Å². The summed E-state index contributed by atoms with van der Waals surface area (Å²) < 4.78 is 5.51. The van der Waals surface area contributed by atoms with E-state index in [1.165, 1.54) is 17.9 Å². The number of carbonyl (C=O) groups excluding carboxylic acids is 4. The molecule has 1 aromatic rings. The maximum absolute atomic E-state index is 13.3. The normalized spacial score (nSPS) is 24.7. The van der Waals surface area contributed by atoms with Gasteiger partial charge in [-0.2, -0.15) is 0 Å². The van der Waals surface area contributed by atoms with Gasteiger partial charge in [-0.1, -0.05) is 57.2 Å². The molecule has 0 aromatic heterocycles. The lowest BCUT2D eigenvalue weighted by Crippen LogP contribution is -2.57. The van der Waals surface area contributed by atoms with E-state index in [-0.39, 0.29) is 25.2 Å². The molecule has 39 heavy (non-hydrogen) atoms. The minimum Gasteiger partial charge on any atom is -0.479 e. The number of rotatable bonds is 10. The van der Waals surface area contributed by atoms with Gasteiger partial charge in [0.25, 0.3) is 0 Å².